The number of unbranched alkanes of at least 4 members (excludes halogenated alkanes) is 3. The number of hydrogen-bond acceptors (Lipinski definition) is 42. The van der Waals surface area contributed by atoms with Crippen molar-refractivity contribution in [2.45, 2.75) is 156 Å². The van der Waals surface area contributed by atoms with Crippen LogP contribution in [0.4, 0.5) is 0 Å². The zero-order chi connectivity index (χ0) is 92.1. The summed E-state index contributed by atoms with van der Waals surface area (Å²) < 4.78 is 68.6. The van der Waals surface area contributed by atoms with Crippen LogP contribution in [0.1, 0.15) is 156 Å². The molecule has 0 fully saturated rings. The third kappa shape index (κ3) is 63.0. The Morgan fingerprint density at radius 3 is 0.444 bits per heavy atom. The van der Waals surface area contributed by atoms with E-state index in [0.29, 0.717) is 38.8 Å². The van der Waals surface area contributed by atoms with Gasteiger partial charge in [0.25, 0.3) is 0 Å². The van der Waals surface area contributed by atoms with E-state index in [9.17, 15) is 98.4 Å². The summed E-state index contributed by atoms with van der Waals surface area (Å²) in [6.45, 7) is 6.61. The number of rotatable bonds is 87. The molecule has 0 aliphatic rings. The molecular formula is C82H152N10O32. The van der Waals surface area contributed by atoms with Crippen molar-refractivity contribution in [2.75, 3.05) is 276 Å². The van der Waals surface area contributed by atoms with E-state index in [2.05, 4.69) is 42.5 Å². The second-order valence-electron chi connectivity index (χ2n) is 30.2. The lowest BCUT2D eigenvalue weighted by molar-refractivity contribution is -0.165. The molecule has 0 amide bonds. The van der Waals surface area contributed by atoms with Gasteiger partial charge in [0.05, 0.1) is 152 Å². The lowest BCUT2D eigenvalue weighted by atomic mass is 9.88. The number of esters is 12. The van der Waals surface area contributed by atoms with E-state index >= 15 is 0 Å². The topological polar surface area (TPSA) is 580 Å². The van der Waals surface area contributed by atoms with Crippen LogP contribution in [0, 0.1) is 21.7 Å². The number of aliphatic hydroxyl groups is 8. The summed E-state index contributed by atoms with van der Waals surface area (Å²) in [7, 11) is 0. The molecule has 42 nitrogen and oxygen atoms in total. The molecule has 0 aliphatic carbocycles. The summed E-state index contributed by atoms with van der Waals surface area (Å²) in [5.41, 5.74) is -4.76. The lowest BCUT2D eigenvalue weighted by Gasteiger charge is -2.31. The van der Waals surface area contributed by atoms with Crippen molar-refractivity contribution >= 4 is 71.6 Å². The molecule has 0 rings (SSSR count). The Kier molecular flexibility index (Phi) is 72.7. The average molecular weight is 1790 g/mol. The van der Waals surface area contributed by atoms with Crippen molar-refractivity contribution in [1.29, 1.82) is 0 Å². The minimum absolute atomic E-state index is 0.0503. The van der Waals surface area contributed by atoms with Gasteiger partial charge in [-0.25, -0.2) is 0 Å². The maximum atomic E-state index is 13.9. The van der Waals surface area contributed by atoms with Gasteiger partial charge in [-0.1, -0.05) is 40.5 Å². The summed E-state index contributed by atoms with van der Waals surface area (Å²) in [6, 6.07) is 0. The number of aliphatic hydroxyl groups excluding tert-OH is 8. The van der Waals surface area contributed by atoms with Crippen molar-refractivity contribution in [3.8, 4) is 0 Å². The number of carbonyl (C=O) groups is 12. The fourth-order valence-corrected chi connectivity index (χ4v) is 11.2. The van der Waals surface area contributed by atoms with E-state index in [1.165, 1.54) is 0 Å². The first-order chi connectivity index (χ1) is 59.8. The van der Waals surface area contributed by atoms with E-state index in [1.807, 2.05) is 9.80 Å². The Bertz CT molecular complexity index is 2390. The van der Waals surface area contributed by atoms with Gasteiger partial charge >= 0.3 is 71.6 Å². The van der Waals surface area contributed by atoms with Crippen LogP contribution in [0.3, 0.4) is 0 Å². The van der Waals surface area contributed by atoms with E-state index in [1.54, 1.807) is 27.7 Å². The van der Waals surface area contributed by atoms with E-state index in [4.69, 9.17) is 56.8 Å². The summed E-state index contributed by atoms with van der Waals surface area (Å²) in [4.78, 5) is 163. The van der Waals surface area contributed by atoms with Gasteiger partial charge in [0.15, 0.2) is 0 Å². The maximum Gasteiger partial charge on any atom is 0.307 e. The Labute approximate surface area is 730 Å². The molecule has 124 heavy (non-hydrogen) atoms. The van der Waals surface area contributed by atoms with Crippen LogP contribution in [-0.4, -0.2) is 398 Å². The van der Waals surface area contributed by atoms with Gasteiger partial charge in [-0.05, 0) is 51.6 Å². The summed E-state index contributed by atoms with van der Waals surface area (Å²) >= 11 is 0. The lowest BCUT2D eigenvalue weighted by Crippen LogP contribution is -2.40. The van der Waals surface area contributed by atoms with Crippen LogP contribution in [-0.2, 0) is 114 Å². The Morgan fingerprint density at radius 2 is 0.323 bits per heavy atom. The van der Waals surface area contributed by atoms with Crippen molar-refractivity contribution in [3.05, 3.63) is 0 Å². The first kappa shape index (κ1) is 117. The van der Waals surface area contributed by atoms with Gasteiger partial charge in [0.1, 0.15) is 79.3 Å². The van der Waals surface area contributed by atoms with Crippen molar-refractivity contribution in [1.82, 2.24) is 52.3 Å². The highest BCUT2D eigenvalue weighted by Crippen LogP contribution is 2.29. The van der Waals surface area contributed by atoms with Crippen LogP contribution < -0.4 is 42.5 Å². The molecule has 0 radical (unpaired) electrons. The summed E-state index contributed by atoms with van der Waals surface area (Å²) in [6.07, 6.45) is 1.73. The quantitative estimate of drug-likeness (QED) is 0.0160. The minimum atomic E-state index is -1.19. The fourth-order valence-electron chi connectivity index (χ4n) is 11.2. The highest BCUT2D eigenvalue weighted by Gasteiger charge is 2.39. The molecule has 0 saturated heterocycles. The molecule has 0 bridgehead atoms. The maximum absolute atomic E-state index is 13.9. The normalized spacial score (nSPS) is 11.8. The Balaban J connectivity index is 7.36. The minimum Gasteiger partial charge on any atom is -0.465 e. The Morgan fingerprint density at radius 1 is 0.194 bits per heavy atom. The third-order valence-corrected chi connectivity index (χ3v) is 20.1. The van der Waals surface area contributed by atoms with Crippen LogP contribution in [0.15, 0.2) is 0 Å². The van der Waals surface area contributed by atoms with Crippen LogP contribution >= 0.6 is 0 Å². The summed E-state index contributed by atoms with van der Waals surface area (Å²) in [5, 5.41) is 96.6. The predicted molar refractivity (Wildman–Crippen MR) is 449 cm³/mol. The molecule has 0 aromatic carbocycles. The highest BCUT2D eigenvalue weighted by molar-refractivity contribution is 5.74. The average Bonchev–Trinajstić information content (AvgIpc) is 0.878. The van der Waals surface area contributed by atoms with Crippen molar-refractivity contribution < 1.29 is 155 Å². The third-order valence-electron chi connectivity index (χ3n) is 20.1. The monoisotopic (exact) mass is 1790 g/mol. The number of nitrogens with zero attached hydrogens (tertiary/aromatic N) is 2. The molecule has 0 aliphatic heterocycles. The van der Waals surface area contributed by atoms with Crippen molar-refractivity contribution in [2.24, 2.45) is 21.7 Å². The predicted octanol–water partition coefficient (Wildman–Crippen LogP) is -3.41. The first-order valence-electron chi connectivity index (χ1n) is 43.7. The smallest absolute Gasteiger partial charge is 0.307 e. The zero-order valence-corrected chi connectivity index (χ0v) is 74.1. The fraction of sp³-hybridized carbons (Fsp3) is 0.854. The standard InChI is InChI=1S/C82H152N10O32/c1-5-79(55-113-67(101)13-25-83-33-47-93,56-114-68(102)14-26-84-34-48-94)63-121-75(109)21-43-91(44-22-76(110)122-64-80(6-2,57-115-69(103)15-27-85-35-49-95)58-116-70(104)16-28-86-36-50-96)41-11-9-10-12-42-92(45-23-77(111)123-65-81(7-3,59-117-71(105)17-29-87-37-51-97)60-118-72(106)18-30-88-38-52-98)46-24-78(112)124-66-82(8-4,61-119-73(107)19-31-89-39-53-99)62-120-74(108)20-32-90-40-54-100/h83-90,93-100H,5-66H2,1-4H3. The van der Waals surface area contributed by atoms with Gasteiger partial charge in [0, 0.05) is 131 Å². The van der Waals surface area contributed by atoms with Crippen LogP contribution in [0.25, 0.3) is 0 Å². The number of hydrogen-bond donors (Lipinski definition) is 16. The van der Waals surface area contributed by atoms with E-state index in [-0.39, 0.29) is 366 Å². The van der Waals surface area contributed by atoms with Gasteiger partial charge in [-0.15, -0.1) is 0 Å². The molecule has 0 atom stereocenters. The second-order valence-corrected chi connectivity index (χ2v) is 30.2. The molecule has 0 unspecified atom stereocenters. The highest BCUT2D eigenvalue weighted by atomic mass is 16.6. The van der Waals surface area contributed by atoms with Crippen LogP contribution in [0.5, 0.6) is 0 Å². The first-order valence-corrected chi connectivity index (χ1v) is 43.7. The van der Waals surface area contributed by atoms with Gasteiger partial charge in [-0.3, -0.25) is 57.5 Å². The van der Waals surface area contributed by atoms with Crippen LogP contribution in [0.2, 0.25) is 0 Å². The number of nitrogens with one attached hydrogen (secondary N) is 8. The molecular weight excluding hydrogens is 1640 g/mol. The molecule has 16 N–H and O–H groups in total. The SMILES string of the molecule is CCC(COC(=O)CCNCCO)(COC(=O)CCNCCO)COC(=O)CCN(CCCCCCN(CCC(=O)OCC(CC)(COC(=O)CCNCCO)COC(=O)CCNCCO)CCC(=O)OCC(CC)(COC(=O)CCNCCO)COC(=O)CCNCCO)CCC(=O)OCC(CC)(COC(=O)CCNCCO)COC(=O)CCNCCO. The van der Waals surface area contributed by atoms with Gasteiger partial charge in [-0.2, -0.15) is 0 Å². The van der Waals surface area contributed by atoms with E-state index in [0.717, 1.165) is 0 Å². The molecule has 42 heteroatoms. The number of ether oxygens (including phenoxy) is 12. The molecule has 0 aromatic rings. The molecule has 0 heterocycles. The molecule has 722 valence electrons. The number of carbonyl (C=O) groups excluding carboxylic acids is 12. The van der Waals surface area contributed by atoms with Gasteiger partial charge in [0.2, 0.25) is 0 Å². The second kappa shape index (κ2) is 77.1. The van der Waals surface area contributed by atoms with Gasteiger partial charge < -0.3 is 150 Å². The largest absolute Gasteiger partial charge is 0.465 e. The van der Waals surface area contributed by atoms with E-state index < -0.39 is 93.3 Å². The molecule has 0 aromatic heterocycles. The zero-order valence-electron chi connectivity index (χ0n) is 74.1. The molecule has 0 spiro atoms. The summed E-state index contributed by atoms with van der Waals surface area (Å²) in [5.74, 6) is -7.51. The van der Waals surface area contributed by atoms with Crippen molar-refractivity contribution in [3.63, 3.8) is 0 Å². The molecule has 0 saturated carbocycles. The Hall–Kier alpha value is -7.08.